The Morgan fingerprint density at radius 1 is 1.37 bits per heavy atom. The molecule has 0 aliphatic rings. The lowest BCUT2D eigenvalue weighted by atomic mass is 10.1. The van der Waals surface area contributed by atoms with E-state index in [2.05, 4.69) is 0 Å². The molecule has 0 aliphatic carbocycles. The zero-order valence-electron chi connectivity index (χ0n) is 11.5. The number of carbonyl (C=O) groups excluding carboxylic acids is 1. The average molecular weight is 285 g/mol. The molecule has 1 amide bonds. The van der Waals surface area contributed by atoms with Crippen molar-refractivity contribution in [2.24, 2.45) is 0 Å². The summed E-state index contributed by atoms with van der Waals surface area (Å²) in [5, 5.41) is 9.63. The van der Waals surface area contributed by atoms with Crippen molar-refractivity contribution in [3.05, 3.63) is 30.1 Å². The van der Waals surface area contributed by atoms with E-state index in [0.29, 0.717) is 18.7 Å². The van der Waals surface area contributed by atoms with Crippen LogP contribution in [0.3, 0.4) is 0 Å². The van der Waals surface area contributed by atoms with E-state index < -0.39 is 5.60 Å². The fourth-order valence-corrected chi connectivity index (χ4v) is 2.49. The molecule has 19 heavy (non-hydrogen) atoms. The Labute approximate surface area is 117 Å². The molecule has 0 radical (unpaired) electrons. The number of thioether (sulfide) groups is 1. The van der Waals surface area contributed by atoms with E-state index in [9.17, 15) is 14.3 Å². The molecule has 1 rings (SSSR count). The van der Waals surface area contributed by atoms with E-state index in [4.69, 9.17) is 0 Å². The van der Waals surface area contributed by atoms with Crippen molar-refractivity contribution in [3.63, 3.8) is 0 Å². The van der Waals surface area contributed by atoms with Crippen LogP contribution in [-0.2, 0) is 4.79 Å². The lowest BCUT2D eigenvalue weighted by Gasteiger charge is -2.25. The molecule has 0 aliphatic heterocycles. The van der Waals surface area contributed by atoms with Crippen LogP contribution in [0.1, 0.15) is 20.3 Å². The maximum atomic E-state index is 12.7. The predicted molar refractivity (Wildman–Crippen MR) is 75.7 cm³/mol. The first-order valence-corrected chi connectivity index (χ1v) is 7.11. The minimum Gasteiger partial charge on any atom is -0.389 e. The largest absolute Gasteiger partial charge is 0.389 e. The van der Waals surface area contributed by atoms with Crippen LogP contribution >= 0.6 is 11.8 Å². The van der Waals surface area contributed by atoms with E-state index >= 15 is 0 Å². The molecule has 0 bridgehead atoms. The zero-order valence-corrected chi connectivity index (χ0v) is 12.3. The molecule has 3 nitrogen and oxygen atoms in total. The summed E-state index contributed by atoms with van der Waals surface area (Å²) in [4.78, 5) is 14.3. The van der Waals surface area contributed by atoms with Crippen molar-refractivity contribution in [2.75, 3.05) is 19.3 Å². The van der Waals surface area contributed by atoms with Gasteiger partial charge in [0, 0.05) is 30.7 Å². The third kappa shape index (κ3) is 6.59. The molecule has 5 heteroatoms. The number of hydrogen-bond acceptors (Lipinski definition) is 3. The summed E-state index contributed by atoms with van der Waals surface area (Å²) in [7, 11) is 1.68. The fourth-order valence-electron chi connectivity index (χ4n) is 1.65. The summed E-state index contributed by atoms with van der Waals surface area (Å²) in [5.74, 6) is 0.378. The van der Waals surface area contributed by atoms with Crippen LogP contribution in [0.25, 0.3) is 0 Å². The van der Waals surface area contributed by atoms with Crippen molar-refractivity contribution in [1.29, 1.82) is 0 Å². The number of likely N-dealkylation sites (N-methyl/N-ethyl adjacent to an activating group) is 1. The van der Waals surface area contributed by atoms with Gasteiger partial charge in [-0.2, -0.15) is 0 Å². The second-order valence-corrected chi connectivity index (χ2v) is 6.28. The standard InChI is InChI=1S/C14H20FNO2S/c1-14(2,18)10-16(3)13(17)8-9-19-12-6-4-11(15)5-7-12/h4-7,18H,8-10H2,1-3H3. The van der Waals surface area contributed by atoms with E-state index in [1.54, 1.807) is 33.0 Å². The number of rotatable bonds is 6. The fraction of sp³-hybridized carbons (Fsp3) is 0.500. The summed E-state index contributed by atoms with van der Waals surface area (Å²) < 4.78 is 12.7. The maximum Gasteiger partial charge on any atom is 0.223 e. The van der Waals surface area contributed by atoms with Crippen LogP contribution in [0.5, 0.6) is 0 Å². The van der Waals surface area contributed by atoms with Crippen molar-refractivity contribution < 1.29 is 14.3 Å². The van der Waals surface area contributed by atoms with Gasteiger partial charge in [-0.3, -0.25) is 4.79 Å². The molecular formula is C14H20FNO2S. The Kier molecular flexibility index (Phi) is 5.82. The molecule has 0 heterocycles. The highest BCUT2D eigenvalue weighted by Gasteiger charge is 2.18. The molecule has 0 unspecified atom stereocenters. The monoisotopic (exact) mass is 285 g/mol. The minimum atomic E-state index is -0.880. The Morgan fingerprint density at radius 2 is 1.95 bits per heavy atom. The number of carbonyl (C=O) groups is 1. The zero-order chi connectivity index (χ0) is 14.5. The van der Waals surface area contributed by atoms with Crippen LogP contribution in [0.4, 0.5) is 4.39 Å². The Morgan fingerprint density at radius 3 is 2.47 bits per heavy atom. The SMILES string of the molecule is CN(CC(C)(C)O)C(=O)CCSc1ccc(F)cc1. The van der Waals surface area contributed by atoms with Gasteiger partial charge in [0.1, 0.15) is 5.82 Å². The average Bonchev–Trinajstić information content (AvgIpc) is 2.29. The van der Waals surface area contributed by atoms with Crippen LogP contribution in [-0.4, -0.2) is 40.9 Å². The molecule has 0 spiro atoms. The minimum absolute atomic E-state index is 0.00302. The molecule has 0 saturated heterocycles. The number of benzene rings is 1. The van der Waals surface area contributed by atoms with Crippen molar-refractivity contribution in [2.45, 2.75) is 30.8 Å². The first kappa shape index (κ1) is 16.0. The lowest BCUT2D eigenvalue weighted by Crippen LogP contribution is -2.39. The molecule has 0 aromatic heterocycles. The van der Waals surface area contributed by atoms with Crippen LogP contribution < -0.4 is 0 Å². The molecule has 0 fully saturated rings. The van der Waals surface area contributed by atoms with Gasteiger partial charge in [-0.05, 0) is 38.1 Å². The molecule has 0 atom stereocenters. The number of aliphatic hydroxyl groups is 1. The third-order valence-corrected chi connectivity index (χ3v) is 3.46. The van der Waals surface area contributed by atoms with Gasteiger partial charge in [0.05, 0.1) is 5.60 Å². The summed E-state index contributed by atoms with van der Waals surface area (Å²) in [6.07, 6.45) is 0.397. The highest BCUT2D eigenvalue weighted by molar-refractivity contribution is 7.99. The van der Waals surface area contributed by atoms with Crippen LogP contribution in [0, 0.1) is 5.82 Å². The van der Waals surface area contributed by atoms with Gasteiger partial charge in [0.25, 0.3) is 0 Å². The summed E-state index contributed by atoms with van der Waals surface area (Å²) in [6, 6.07) is 6.21. The normalized spacial score (nSPS) is 11.4. The molecule has 1 aromatic rings. The Balaban J connectivity index is 2.32. The van der Waals surface area contributed by atoms with Gasteiger partial charge in [-0.25, -0.2) is 4.39 Å². The molecule has 1 N–H and O–H groups in total. The van der Waals surface area contributed by atoms with Gasteiger partial charge in [-0.15, -0.1) is 11.8 Å². The van der Waals surface area contributed by atoms with E-state index in [1.165, 1.54) is 28.8 Å². The summed E-state index contributed by atoms with van der Waals surface area (Å²) in [5.41, 5.74) is -0.880. The van der Waals surface area contributed by atoms with Crippen LogP contribution in [0.15, 0.2) is 29.2 Å². The van der Waals surface area contributed by atoms with E-state index in [0.717, 1.165) is 4.90 Å². The number of nitrogens with zero attached hydrogens (tertiary/aromatic N) is 1. The van der Waals surface area contributed by atoms with Gasteiger partial charge < -0.3 is 10.0 Å². The maximum absolute atomic E-state index is 12.7. The smallest absolute Gasteiger partial charge is 0.223 e. The summed E-state index contributed by atoms with van der Waals surface area (Å²) in [6.45, 7) is 3.65. The highest BCUT2D eigenvalue weighted by atomic mass is 32.2. The van der Waals surface area contributed by atoms with E-state index in [1.807, 2.05) is 0 Å². The molecule has 0 saturated carbocycles. The van der Waals surface area contributed by atoms with Gasteiger partial charge in [0.15, 0.2) is 0 Å². The second-order valence-electron chi connectivity index (χ2n) is 5.11. The van der Waals surface area contributed by atoms with Gasteiger partial charge >= 0.3 is 0 Å². The summed E-state index contributed by atoms with van der Waals surface area (Å²) >= 11 is 1.52. The van der Waals surface area contributed by atoms with Crippen molar-refractivity contribution in [3.8, 4) is 0 Å². The predicted octanol–water partition coefficient (Wildman–Crippen LogP) is 2.54. The van der Waals surface area contributed by atoms with Crippen molar-refractivity contribution >= 4 is 17.7 Å². The topological polar surface area (TPSA) is 40.5 Å². The Hall–Kier alpha value is -1.07. The quantitative estimate of drug-likeness (QED) is 0.817. The first-order chi connectivity index (χ1) is 8.78. The first-order valence-electron chi connectivity index (χ1n) is 6.13. The number of amides is 1. The molecule has 106 valence electrons. The third-order valence-electron chi connectivity index (χ3n) is 2.45. The highest BCUT2D eigenvalue weighted by Crippen LogP contribution is 2.19. The number of halogens is 1. The van der Waals surface area contributed by atoms with Crippen molar-refractivity contribution in [1.82, 2.24) is 4.90 Å². The number of hydrogen-bond donors (Lipinski definition) is 1. The van der Waals surface area contributed by atoms with E-state index in [-0.39, 0.29) is 11.7 Å². The molecule has 1 aromatic carbocycles. The van der Waals surface area contributed by atoms with Gasteiger partial charge in [-0.1, -0.05) is 0 Å². The second kappa shape index (κ2) is 6.91. The van der Waals surface area contributed by atoms with Gasteiger partial charge in [0.2, 0.25) is 5.91 Å². The van der Waals surface area contributed by atoms with Crippen LogP contribution in [0.2, 0.25) is 0 Å². The lowest BCUT2D eigenvalue weighted by molar-refractivity contribution is -0.132. The Bertz CT molecular complexity index is 414. The molecular weight excluding hydrogens is 265 g/mol.